The van der Waals surface area contributed by atoms with Crippen molar-refractivity contribution in [3.05, 3.63) is 108 Å². The molecule has 4 atom stereocenters. The van der Waals surface area contributed by atoms with Crippen LogP contribution in [0.2, 0.25) is 0 Å². The number of hydrogen-bond donors (Lipinski definition) is 3. The van der Waals surface area contributed by atoms with Crippen LogP contribution in [0, 0.1) is 5.92 Å². The molecule has 3 aromatic rings. The normalized spacial score (nSPS) is 22.2. The molecule has 1 saturated carbocycles. The molecule has 7 nitrogen and oxygen atoms in total. The van der Waals surface area contributed by atoms with E-state index in [4.69, 9.17) is 9.47 Å². The molecule has 1 aliphatic heterocycles. The Bertz CT molecular complexity index is 1370. The number of carbonyl (C=O) groups is 1. The first-order chi connectivity index (χ1) is 21.5. The predicted molar refractivity (Wildman–Crippen MR) is 175 cm³/mol. The number of ether oxygens (including phenoxy) is 2. The number of nitrogens with one attached hydrogen (secondary N) is 2. The van der Waals surface area contributed by atoms with E-state index in [2.05, 4.69) is 77.6 Å². The van der Waals surface area contributed by atoms with E-state index in [1.54, 1.807) is 0 Å². The monoisotopic (exact) mass is 597 g/mol. The van der Waals surface area contributed by atoms with Crippen molar-refractivity contribution >= 4 is 6.03 Å². The Morgan fingerprint density at radius 2 is 1.68 bits per heavy atom. The third-order valence-corrected chi connectivity index (χ3v) is 8.95. The molecule has 1 heterocycles. The van der Waals surface area contributed by atoms with Gasteiger partial charge in [-0.25, -0.2) is 4.79 Å². The van der Waals surface area contributed by atoms with E-state index in [1.165, 1.54) is 25.7 Å². The second-order valence-corrected chi connectivity index (χ2v) is 12.0. The molecule has 234 valence electrons. The Kier molecular flexibility index (Phi) is 11.2. The molecule has 7 heteroatoms. The van der Waals surface area contributed by atoms with Gasteiger partial charge in [0.1, 0.15) is 0 Å². The van der Waals surface area contributed by atoms with Crippen molar-refractivity contribution in [3.8, 4) is 11.1 Å². The Balaban J connectivity index is 1.40. The maximum Gasteiger partial charge on any atom is 0.315 e. The van der Waals surface area contributed by atoms with Crippen molar-refractivity contribution in [2.75, 3.05) is 19.6 Å². The second kappa shape index (κ2) is 15.5. The zero-order valence-corrected chi connectivity index (χ0v) is 26.1. The summed E-state index contributed by atoms with van der Waals surface area (Å²) in [6, 6.07) is 25.1. The maximum atomic E-state index is 11.9. The summed E-state index contributed by atoms with van der Waals surface area (Å²) < 4.78 is 13.6. The predicted octanol–water partition coefficient (Wildman–Crippen LogP) is 6.89. The zero-order valence-electron chi connectivity index (χ0n) is 26.1. The largest absolute Gasteiger partial charge is 0.392 e. The van der Waals surface area contributed by atoms with Gasteiger partial charge in [0.25, 0.3) is 0 Å². The van der Waals surface area contributed by atoms with E-state index < -0.39 is 6.29 Å². The molecule has 0 unspecified atom stereocenters. The van der Waals surface area contributed by atoms with Gasteiger partial charge < -0.3 is 25.2 Å². The van der Waals surface area contributed by atoms with Crippen molar-refractivity contribution in [1.82, 2.24) is 15.5 Å². The minimum atomic E-state index is -0.532. The van der Waals surface area contributed by atoms with Crippen LogP contribution in [0.3, 0.4) is 0 Å². The lowest BCUT2D eigenvalue weighted by Gasteiger charge is -2.43. The van der Waals surface area contributed by atoms with Crippen LogP contribution in [-0.4, -0.2) is 47.8 Å². The Morgan fingerprint density at radius 3 is 2.39 bits per heavy atom. The van der Waals surface area contributed by atoms with E-state index in [0.717, 1.165) is 46.5 Å². The van der Waals surface area contributed by atoms with Gasteiger partial charge in [-0.15, -0.1) is 6.58 Å². The maximum absolute atomic E-state index is 11.9. The number of nitrogens with zero attached hydrogens (tertiary/aromatic N) is 1. The highest BCUT2D eigenvalue weighted by Gasteiger charge is 2.40. The van der Waals surface area contributed by atoms with Crippen LogP contribution in [0.1, 0.15) is 74.2 Å². The van der Waals surface area contributed by atoms with Gasteiger partial charge in [-0.2, -0.15) is 0 Å². The highest BCUT2D eigenvalue weighted by molar-refractivity contribution is 5.74. The van der Waals surface area contributed by atoms with E-state index in [9.17, 15) is 9.90 Å². The van der Waals surface area contributed by atoms with Crippen LogP contribution in [0.4, 0.5) is 4.79 Å². The SMILES string of the molecule is C=CCN(C[C@H]1O[C@@H](c2cccc(-c3cccc(CNC(=O)NCC)c3)c2)O[C@@H](c2ccc(CO)cc2)[C@H]1C)C1CCCC1. The minimum Gasteiger partial charge on any atom is -0.392 e. The quantitative estimate of drug-likeness (QED) is 0.198. The number of hydrogen-bond acceptors (Lipinski definition) is 5. The van der Waals surface area contributed by atoms with Crippen LogP contribution in [-0.2, 0) is 22.6 Å². The Hall–Kier alpha value is -3.49. The van der Waals surface area contributed by atoms with Gasteiger partial charge in [-0.05, 0) is 59.7 Å². The van der Waals surface area contributed by atoms with E-state index in [0.29, 0.717) is 19.1 Å². The van der Waals surface area contributed by atoms with Gasteiger partial charge in [0.05, 0.1) is 18.8 Å². The number of rotatable bonds is 12. The number of benzene rings is 3. The first-order valence-electron chi connectivity index (χ1n) is 16.1. The Morgan fingerprint density at radius 1 is 0.955 bits per heavy atom. The summed E-state index contributed by atoms with van der Waals surface area (Å²) in [5.41, 5.74) is 6.10. The molecule has 0 aromatic heterocycles. The summed E-state index contributed by atoms with van der Waals surface area (Å²) in [5, 5.41) is 15.3. The molecule has 2 aliphatic rings. The molecule has 1 aliphatic carbocycles. The zero-order chi connectivity index (χ0) is 30.9. The van der Waals surface area contributed by atoms with Crippen LogP contribution in [0.15, 0.2) is 85.5 Å². The molecule has 2 amide bonds. The fraction of sp³-hybridized carbons (Fsp3) is 0.432. The molecule has 3 N–H and O–H groups in total. The van der Waals surface area contributed by atoms with Crippen LogP contribution >= 0.6 is 0 Å². The lowest BCUT2D eigenvalue weighted by Crippen LogP contribution is -2.47. The van der Waals surface area contributed by atoms with Crippen molar-refractivity contribution in [3.63, 3.8) is 0 Å². The first kappa shape index (κ1) is 31.9. The molecule has 0 bridgehead atoms. The van der Waals surface area contributed by atoms with Crippen molar-refractivity contribution in [1.29, 1.82) is 0 Å². The lowest BCUT2D eigenvalue weighted by molar-refractivity contribution is -0.276. The minimum absolute atomic E-state index is 0.0175. The molecular formula is C37H47N3O4. The summed E-state index contributed by atoms with van der Waals surface area (Å²) in [4.78, 5) is 14.5. The third kappa shape index (κ3) is 7.96. The van der Waals surface area contributed by atoms with Gasteiger partial charge in [-0.3, -0.25) is 4.90 Å². The number of amides is 2. The highest BCUT2D eigenvalue weighted by Crippen LogP contribution is 2.43. The summed E-state index contributed by atoms with van der Waals surface area (Å²) in [5.74, 6) is 0.122. The molecule has 0 spiro atoms. The van der Waals surface area contributed by atoms with Gasteiger partial charge in [0, 0.05) is 43.7 Å². The fourth-order valence-electron chi connectivity index (χ4n) is 6.50. The molecule has 3 aromatic carbocycles. The van der Waals surface area contributed by atoms with Gasteiger partial charge in [0.2, 0.25) is 0 Å². The van der Waals surface area contributed by atoms with E-state index in [-0.39, 0.29) is 30.8 Å². The molecule has 44 heavy (non-hydrogen) atoms. The van der Waals surface area contributed by atoms with Crippen molar-refractivity contribution < 1.29 is 19.4 Å². The number of aliphatic hydroxyl groups is 1. The topological polar surface area (TPSA) is 83.1 Å². The molecule has 5 rings (SSSR count). The summed E-state index contributed by atoms with van der Waals surface area (Å²) in [6.45, 7) is 10.9. The number of urea groups is 1. The van der Waals surface area contributed by atoms with Crippen LogP contribution in [0.25, 0.3) is 11.1 Å². The summed E-state index contributed by atoms with van der Waals surface area (Å²) >= 11 is 0. The number of carbonyl (C=O) groups excluding carboxylic acids is 1. The van der Waals surface area contributed by atoms with Crippen LogP contribution < -0.4 is 10.6 Å². The average Bonchev–Trinajstić information content (AvgIpc) is 3.60. The lowest BCUT2D eigenvalue weighted by atomic mass is 9.89. The highest BCUT2D eigenvalue weighted by atomic mass is 16.7. The molecular weight excluding hydrogens is 550 g/mol. The fourth-order valence-corrected chi connectivity index (χ4v) is 6.50. The molecule has 2 fully saturated rings. The summed E-state index contributed by atoms with van der Waals surface area (Å²) in [6.07, 6.45) is 6.28. The molecule has 1 saturated heterocycles. The second-order valence-electron chi connectivity index (χ2n) is 12.0. The van der Waals surface area contributed by atoms with Gasteiger partial charge in [-0.1, -0.05) is 86.5 Å². The standard InChI is InChI=1S/C37H47N3O4/c1-4-20-40(33-14-6-7-15-33)24-34-26(3)35(29-18-16-27(25-41)17-19-29)44-36(43-34)32-13-9-12-31(22-32)30-11-8-10-28(21-30)23-39-37(42)38-5-2/h4,8-13,16-19,21-22,26,33-36,41H,1,5-7,14-15,20,23-25H2,2-3H3,(H2,38,39,42)/t26-,34+,35+,36+/m0/s1. The van der Waals surface area contributed by atoms with Crippen molar-refractivity contribution in [2.45, 2.75) is 77.2 Å². The van der Waals surface area contributed by atoms with Gasteiger partial charge in [0.15, 0.2) is 6.29 Å². The van der Waals surface area contributed by atoms with E-state index >= 15 is 0 Å². The third-order valence-electron chi connectivity index (χ3n) is 8.95. The van der Waals surface area contributed by atoms with E-state index in [1.807, 2.05) is 37.3 Å². The first-order valence-corrected chi connectivity index (χ1v) is 16.1. The van der Waals surface area contributed by atoms with Gasteiger partial charge >= 0.3 is 6.03 Å². The Labute approximate surface area is 262 Å². The van der Waals surface area contributed by atoms with Crippen LogP contribution in [0.5, 0.6) is 0 Å². The van der Waals surface area contributed by atoms with Crippen molar-refractivity contribution in [2.24, 2.45) is 5.92 Å². The smallest absolute Gasteiger partial charge is 0.315 e. The summed E-state index contributed by atoms with van der Waals surface area (Å²) in [7, 11) is 0. The number of aliphatic hydroxyl groups excluding tert-OH is 1. The average molecular weight is 598 g/mol. The molecule has 0 radical (unpaired) electrons.